The number of ether oxygens (including phenoxy) is 1. The molecule has 1 rings (SSSR count). The van der Waals surface area contributed by atoms with Crippen molar-refractivity contribution in [1.29, 1.82) is 0 Å². The lowest BCUT2D eigenvalue weighted by Crippen LogP contribution is -2.10. The standard InChI is InChI=1S/C14H23NO/c1-10(2)16-14-6-5-11(3)9-13(14)12(4)7-8-15/h5-6,9-10,12H,7-8,15H2,1-4H3. The highest BCUT2D eigenvalue weighted by Crippen LogP contribution is 2.30. The zero-order valence-electron chi connectivity index (χ0n) is 10.8. The summed E-state index contributed by atoms with van der Waals surface area (Å²) in [7, 11) is 0. The SMILES string of the molecule is Cc1ccc(OC(C)C)c(C(C)CCN)c1. The molecule has 2 N–H and O–H groups in total. The molecule has 1 aromatic carbocycles. The average molecular weight is 221 g/mol. The summed E-state index contributed by atoms with van der Waals surface area (Å²) in [6, 6.07) is 6.37. The molecule has 0 saturated carbocycles. The molecule has 90 valence electrons. The van der Waals surface area contributed by atoms with E-state index in [0.717, 1.165) is 18.7 Å². The Morgan fingerprint density at radius 3 is 2.50 bits per heavy atom. The molecule has 16 heavy (non-hydrogen) atoms. The van der Waals surface area contributed by atoms with E-state index in [0.29, 0.717) is 5.92 Å². The van der Waals surface area contributed by atoms with Crippen LogP contribution in [0.3, 0.4) is 0 Å². The van der Waals surface area contributed by atoms with E-state index in [1.165, 1.54) is 11.1 Å². The summed E-state index contributed by atoms with van der Waals surface area (Å²) in [5, 5.41) is 0. The highest BCUT2D eigenvalue weighted by Gasteiger charge is 2.12. The molecular formula is C14H23NO. The highest BCUT2D eigenvalue weighted by atomic mass is 16.5. The zero-order chi connectivity index (χ0) is 12.1. The minimum atomic E-state index is 0.214. The topological polar surface area (TPSA) is 35.2 Å². The van der Waals surface area contributed by atoms with Gasteiger partial charge in [0.15, 0.2) is 0 Å². The molecule has 0 fully saturated rings. The molecule has 1 aromatic rings. The van der Waals surface area contributed by atoms with Crippen LogP contribution in [0.25, 0.3) is 0 Å². The van der Waals surface area contributed by atoms with Gasteiger partial charge in [0.1, 0.15) is 5.75 Å². The Hall–Kier alpha value is -1.02. The van der Waals surface area contributed by atoms with Crippen LogP contribution in [0.5, 0.6) is 5.75 Å². The third-order valence-electron chi connectivity index (χ3n) is 2.66. The van der Waals surface area contributed by atoms with E-state index in [2.05, 4.69) is 45.9 Å². The Labute approximate surface area is 98.8 Å². The highest BCUT2D eigenvalue weighted by molar-refractivity contribution is 5.39. The normalized spacial score (nSPS) is 12.9. The average Bonchev–Trinajstić information content (AvgIpc) is 2.20. The maximum Gasteiger partial charge on any atom is 0.123 e. The first-order valence-corrected chi connectivity index (χ1v) is 6.02. The molecular weight excluding hydrogens is 198 g/mol. The lowest BCUT2D eigenvalue weighted by Gasteiger charge is -2.19. The van der Waals surface area contributed by atoms with Crippen molar-refractivity contribution in [3.63, 3.8) is 0 Å². The van der Waals surface area contributed by atoms with Gasteiger partial charge in [0.05, 0.1) is 6.10 Å². The molecule has 1 unspecified atom stereocenters. The second-order valence-corrected chi connectivity index (χ2v) is 4.69. The van der Waals surface area contributed by atoms with Crippen LogP contribution in [0.2, 0.25) is 0 Å². The van der Waals surface area contributed by atoms with Crippen LogP contribution in [0, 0.1) is 6.92 Å². The van der Waals surface area contributed by atoms with Crippen LogP contribution in [0.1, 0.15) is 44.2 Å². The summed E-state index contributed by atoms with van der Waals surface area (Å²) in [5.74, 6) is 1.46. The summed E-state index contributed by atoms with van der Waals surface area (Å²) < 4.78 is 5.83. The van der Waals surface area contributed by atoms with Crippen LogP contribution in [0.4, 0.5) is 0 Å². The van der Waals surface area contributed by atoms with Gasteiger partial charge in [-0.3, -0.25) is 0 Å². The van der Waals surface area contributed by atoms with Crippen LogP contribution < -0.4 is 10.5 Å². The van der Waals surface area contributed by atoms with Gasteiger partial charge in [-0.2, -0.15) is 0 Å². The van der Waals surface area contributed by atoms with Crippen molar-refractivity contribution in [2.45, 2.75) is 46.1 Å². The quantitative estimate of drug-likeness (QED) is 0.828. The first-order valence-electron chi connectivity index (χ1n) is 6.02. The maximum atomic E-state index is 5.83. The van der Waals surface area contributed by atoms with Gasteiger partial charge >= 0.3 is 0 Å². The van der Waals surface area contributed by atoms with Crippen LogP contribution in [-0.4, -0.2) is 12.6 Å². The second kappa shape index (κ2) is 5.90. The summed E-state index contributed by atoms with van der Waals surface area (Å²) in [6.07, 6.45) is 1.21. The molecule has 0 bridgehead atoms. The summed E-state index contributed by atoms with van der Waals surface area (Å²) in [6.45, 7) is 9.14. The van der Waals surface area contributed by atoms with Gasteiger partial charge in [-0.15, -0.1) is 0 Å². The number of rotatable bonds is 5. The van der Waals surface area contributed by atoms with Gasteiger partial charge in [0.2, 0.25) is 0 Å². The van der Waals surface area contributed by atoms with E-state index < -0.39 is 0 Å². The smallest absolute Gasteiger partial charge is 0.123 e. The molecule has 2 nitrogen and oxygen atoms in total. The van der Waals surface area contributed by atoms with E-state index >= 15 is 0 Å². The van der Waals surface area contributed by atoms with E-state index in [4.69, 9.17) is 10.5 Å². The van der Waals surface area contributed by atoms with Crippen molar-refractivity contribution >= 4 is 0 Å². The lowest BCUT2D eigenvalue weighted by atomic mass is 9.95. The lowest BCUT2D eigenvalue weighted by molar-refractivity contribution is 0.238. The molecule has 0 aliphatic heterocycles. The Balaban J connectivity index is 2.97. The number of hydrogen-bond acceptors (Lipinski definition) is 2. The number of aryl methyl sites for hydroxylation is 1. The van der Waals surface area contributed by atoms with Crippen molar-refractivity contribution in [2.24, 2.45) is 5.73 Å². The fourth-order valence-corrected chi connectivity index (χ4v) is 1.82. The van der Waals surface area contributed by atoms with Crippen molar-refractivity contribution in [3.05, 3.63) is 29.3 Å². The maximum absolute atomic E-state index is 5.83. The molecule has 2 heteroatoms. The molecule has 0 amide bonds. The number of nitrogens with two attached hydrogens (primary N) is 1. The van der Waals surface area contributed by atoms with Crippen molar-refractivity contribution < 1.29 is 4.74 Å². The fraction of sp³-hybridized carbons (Fsp3) is 0.571. The van der Waals surface area contributed by atoms with Crippen LogP contribution in [-0.2, 0) is 0 Å². The van der Waals surface area contributed by atoms with E-state index in [1.807, 2.05) is 0 Å². The van der Waals surface area contributed by atoms with Crippen LogP contribution in [0.15, 0.2) is 18.2 Å². The van der Waals surface area contributed by atoms with Gasteiger partial charge in [0.25, 0.3) is 0 Å². The monoisotopic (exact) mass is 221 g/mol. The van der Waals surface area contributed by atoms with Crippen molar-refractivity contribution in [1.82, 2.24) is 0 Å². The first-order chi connectivity index (χ1) is 7.54. The third-order valence-corrected chi connectivity index (χ3v) is 2.66. The minimum Gasteiger partial charge on any atom is -0.491 e. The Morgan fingerprint density at radius 1 is 1.25 bits per heavy atom. The van der Waals surface area contributed by atoms with E-state index in [-0.39, 0.29) is 6.10 Å². The summed E-state index contributed by atoms with van der Waals surface area (Å²) in [5.41, 5.74) is 8.17. The van der Waals surface area contributed by atoms with Gasteiger partial charge < -0.3 is 10.5 Å². The first kappa shape index (κ1) is 13.0. The molecule has 0 aliphatic rings. The third kappa shape index (κ3) is 3.53. The van der Waals surface area contributed by atoms with E-state index in [9.17, 15) is 0 Å². The molecule has 0 saturated heterocycles. The van der Waals surface area contributed by atoms with Crippen molar-refractivity contribution in [2.75, 3.05) is 6.54 Å². The fourth-order valence-electron chi connectivity index (χ4n) is 1.82. The number of hydrogen-bond donors (Lipinski definition) is 1. The van der Waals surface area contributed by atoms with Gasteiger partial charge in [-0.05, 0) is 51.3 Å². The Bertz CT molecular complexity index is 334. The van der Waals surface area contributed by atoms with Crippen molar-refractivity contribution in [3.8, 4) is 5.75 Å². The van der Waals surface area contributed by atoms with Gasteiger partial charge in [-0.25, -0.2) is 0 Å². The van der Waals surface area contributed by atoms with E-state index in [1.54, 1.807) is 0 Å². The van der Waals surface area contributed by atoms with Gasteiger partial charge in [0, 0.05) is 0 Å². The molecule has 0 aromatic heterocycles. The number of benzene rings is 1. The largest absolute Gasteiger partial charge is 0.491 e. The molecule has 0 spiro atoms. The zero-order valence-corrected chi connectivity index (χ0v) is 10.8. The summed E-state index contributed by atoms with van der Waals surface area (Å²) >= 11 is 0. The Kier molecular flexibility index (Phi) is 4.81. The Morgan fingerprint density at radius 2 is 1.94 bits per heavy atom. The predicted octanol–water partition coefficient (Wildman–Crippen LogP) is 3.23. The summed E-state index contributed by atoms with van der Waals surface area (Å²) in [4.78, 5) is 0. The minimum absolute atomic E-state index is 0.214. The van der Waals surface area contributed by atoms with Gasteiger partial charge in [-0.1, -0.05) is 24.6 Å². The second-order valence-electron chi connectivity index (χ2n) is 4.69. The van der Waals surface area contributed by atoms with Crippen LogP contribution >= 0.6 is 0 Å². The molecule has 0 aliphatic carbocycles. The molecule has 1 atom stereocenters. The molecule has 0 heterocycles. The molecule has 0 radical (unpaired) electrons. The predicted molar refractivity (Wildman–Crippen MR) is 69.0 cm³/mol.